The van der Waals surface area contributed by atoms with Crippen LogP contribution in [0.3, 0.4) is 0 Å². The molecule has 0 fully saturated rings. The van der Waals surface area contributed by atoms with Gasteiger partial charge in [0.2, 0.25) is 0 Å². The number of nitriles is 1. The Morgan fingerprint density at radius 1 is 1.39 bits per heavy atom. The van der Waals surface area contributed by atoms with Gasteiger partial charge in [0.05, 0.1) is 22.3 Å². The normalized spacial score (nSPS) is 10.1. The summed E-state index contributed by atoms with van der Waals surface area (Å²) in [6.07, 6.45) is 1.04. The van der Waals surface area contributed by atoms with E-state index in [1.165, 1.54) is 10.4 Å². The highest BCUT2D eigenvalue weighted by molar-refractivity contribution is 7.10. The average molecular weight is 277 g/mol. The molecular formula is C14H13ClN2S. The number of hydrogen-bond acceptors (Lipinski definition) is 3. The summed E-state index contributed by atoms with van der Waals surface area (Å²) in [6, 6.07) is 9.52. The Labute approximate surface area is 116 Å². The van der Waals surface area contributed by atoms with Crippen molar-refractivity contribution in [3.63, 3.8) is 0 Å². The molecule has 0 saturated heterocycles. The second-order valence-corrected chi connectivity index (χ2v) is 5.29. The fourth-order valence-electron chi connectivity index (χ4n) is 1.74. The molecule has 0 aliphatic carbocycles. The zero-order chi connectivity index (χ0) is 13.0. The molecule has 1 aromatic carbocycles. The summed E-state index contributed by atoms with van der Waals surface area (Å²) in [5.74, 6) is 0. The highest BCUT2D eigenvalue weighted by atomic mass is 35.5. The topological polar surface area (TPSA) is 35.8 Å². The van der Waals surface area contributed by atoms with Crippen molar-refractivity contribution in [2.24, 2.45) is 0 Å². The van der Waals surface area contributed by atoms with Crippen molar-refractivity contribution in [2.45, 2.75) is 19.9 Å². The molecule has 2 nitrogen and oxygen atoms in total. The van der Waals surface area contributed by atoms with Crippen molar-refractivity contribution in [1.82, 2.24) is 0 Å². The van der Waals surface area contributed by atoms with Gasteiger partial charge in [-0.2, -0.15) is 5.26 Å². The average Bonchev–Trinajstić information content (AvgIpc) is 2.84. The van der Waals surface area contributed by atoms with Crippen LogP contribution in [0.25, 0.3) is 0 Å². The van der Waals surface area contributed by atoms with Gasteiger partial charge in [-0.15, -0.1) is 11.3 Å². The number of hydrogen-bond donors (Lipinski definition) is 1. The van der Waals surface area contributed by atoms with Gasteiger partial charge < -0.3 is 5.32 Å². The quantitative estimate of drug-likeness (QED) is 0.896. The van der Waals surface area contributed by atoms with Gasteiger partial charge in [0.25, 0.3) is 0 Å². The number of halogens is 1. The lowest BCUT2D eigenvalue weighted by molar-refractivity contribution is 1.08. The molecule has 0 bridgehead atoms. The third kappa shape index (κ3) is 2.84. The van der Waals surface area contributed by atoms with E-state index in [-0.39, 0.29) is 0 Å². The number of anilines is 1. The minimum Gasteiger partial charge on any atom is -0.379 e. The molecule has 18 heavy (non-hydrogen) atoms. The van der Waals surface area contributed by atoms with Crippen molar-refractivity contribution >= 4 is 28.6 Å². The molecule has 0 aliphatic heterocycles. The molecule has 4 heteroatoms. The lowest BCUT2D eigenvalue weighted by atomic mass is 10.2. The van der Waals surface area contributed by atoms with Gasteiger partial charge in [-0.25, -0.2) is 0 Å². The third-order valence-corrected chi connectivity index (χ3v) is 4.03. The molecule has 0 aliphatic rings. The van der Waals surface area contributed by atoms with Crippen LogP contribution in [0.1, 0.15) is 22.9 Å². The van der Waals surface area contributed by atoms with E-state index in [0.29, 0.717) is 10.6 Å². The van der Waals surface area contributed by atoms with Gasteiger partial charge in [0, 0.05) is 11.4 Å². The first-order valence-electron chi connectivity index (χ1n) is 5.73. The first kappa shape index (κ1) is 12.9. The number of aryl methyl sites for hydroxylation is 1. The van der Waals surface area contributed by atoms with Crippen LogP contribution in [-0.2, 0) is 13.0 Å². The Kier molecular flexibility index (Phi) is 4.24. The van der Waals surface area contributed by atoms with E-state index >= 15 is 0 Å². The summed E-state index contributed by atoms with van der Waals surface area (Å²) in [4.78, 5) is 1.33. The molecule has 2 rings (SSSR count). The van der Waals surface area contributed by atoms with Crippen molar-refractivity contribution in [3.8, 4) is 6.07 Å². The zero-order valence-electron chi connectivity index (χ0n) is 10.0. The van der Waals surface area contributed by atoms with Crippen LogP contribution in [0.5, 0.6) is 0 Å². The van der Waals surface area contributed by atoms with Crippen LogP contribution in [0.4, 0.5) is 5.69 Å². The van der Waals surface area contributed by atoms with Crippen molar-refractivity contribution in [1.29, 1.82) is 5.26 Å². The smallest absolute Gasteiger partial charge is 0.0992 e. The number of nitrogens with zero attached hydrogens (tertiary/aromatic N) is 1. The van der Waals surface area contributed by atoms with E-state index in [4.69, 9.17) is 16.9 Å². The minimum atomic E-state index is 0.580. The second kappa shape index (κ2) is 5.90. The largest absolute Gasteiger partial charge is 0.379 e. The number of rotatable bonds is 4. The van der Waals surface area contributed by atoms with Crippen molar-refractivity contribution in [3.05, 3.63) is 50.7 Å². The van der Waals surface area contributed by atoms with Crippen LogP contribution in [-0.4, -0.2) is 0 Å². The highest BCUT2D eigenvalue weighted by Crippen LogP contribution is 2.25. The Balaban J connectivity index is 2.09. The fourth-order valence-corrected chi connectivity index (χ4v) is 2.90. The van der Waals surface area contributed by atoms with E-state index < -0.39 is 0 Å². The molecule has 0 unspecified atom stereocenters. The van der Waals surface area contributed by atoms with Crippen LogP contribution >= 0.6 is 22.9 Å². The number of nitrogens with one attached hydrogen (secondary N) is 1. The van der Waals surface area contributed by atoms with E-state index in [2.05, 4.69) is 29.8 Å². The molecule has 0 amide bonds. The molecule has 92 valence electrons. The summed E-state index contributed by atoms with van der Waals surface area (Å²) in [5, 5.41) is 14.8. The first-order valence-corrected chi connectivity index (χ1v) is 6.99. The van der Waals surface area contributed by atoms with Crippen LogP contribution < -0.4 is 5.32 Å². The van der Waals surface area contributed by atoms with Crippen LogP contribution in [0.15, 0.2) is 29.6 Å². The summed E-state index contributed by atoms with van der Waals surface area (Å²) in [7, 11) is 0. The van der Waals surface area contributed by atoms with E-state index in [1.807, 2.05) is 6.07 Å². The molecule has 0 atom stereocenters. The van der Waals surface area contributed by atoms with E-state index in [0.717, 1.165) is 18.7 Å². The van der Waals surface area contributed by atoms with E-state index in [9.17, 15) is 0 Å². The number of benzene rings is 1. The Morgan fingerprint density at radius 2 is 2.22 bits per heavy atom. The van der Waals surface area contributed by atoms with Gasteiger partial charge in [0.1, 0.15) is 0 Å². The maximum Gasteiger partial charge on any atom is 0.0992 e. The predicted molar refractivity (Wildman–Crippen MR) is 77.2 cm³/mol. The molecule has 0 radical (unpaired) electrons. The molecule has 1 heterocycles. The van der Waals surface area contributed by atoms with Gasteiger partial charge >= 0.3 is 0 Å². The van der Waals surface area contributed by atoms with Gasteiger partial charge in [0.15, 0.2) is 0 Å². The number of thiophene rings is 1. The van der Waals surface area contributed by atoms with Crippen molar-refractivity contribution < 1.29 is 0 Å². The maximum absolute atomic E-state index is 8.77. The third-order valence-electron chi connectivity index (χ3n) is 2.76. The van der Waals surface area contributed by atoms with Crippen LogP contribution in [0, 0.1) is 11.3 Å². The molecule has 0 saturated carbocycles. The minimum absolute atomic E-state index is 0.580. The molecule has 2 aromatic rings. The Bertz CT molecular complexity index is 584. The lowest BCUT2D eigenvalue weighted by Crippen LogP contribution is -2.00. The monoisotopic (exact) mass is 276 g/mol. The van der Waals surface area contributed by atoms with Gasteiger partial charge in [-0.05, 0) is 41.6 Å². The molecule has 1 aromatic heterocycles. The standard InChI is InChI=1S/C14H13ClN2S/c1-2-11-5-6-18-14(11)9-17-13-4-3-10(8-16)7-12(13)15/h3-7,17H,2,9H2,1H3. The van der Waals surface area contributed by atoms with E-state index in [1.54, 1.807) is 23.5 Å². The van der Waals surface area contributed by atoms with Gasteiger partial charge in [-0.3, -0.25) is 0 Å². The fraction of sp³-hybridized carbons (Fsp3) is 0.214. The molecule has 1 N–H and O–H groups in total. The second-order valence-electron chi connectivity index (χ2n) is 3.88. The first-order chi connectivity index (χ1) is 8.74. The van der Waals surface area contributed by atoms with Crippen molar-refractivity contribution in [2.75, 3.05) is 5.32 Å². The zero-order valence-corrected chi connectivity index (χ0v) is 11.6. The lowest BCUT2D eigenvalue weighted by Gasteiger charge is -2.08. The highest BCUT2D eigenvalue weighted by Gasteiger charge is 2.05. The molecule has 0 spiro atoms. The SMILES string of the molecule is CCc1ccsc1CNc1ccc(C#N)cc1Cl. The Morgan fingerprint density at radius 3 is 2.89 bits per heavy atom. The summed E-state index contributed by atoms with van der Waals surface area (Å²) in [5.41, 5.74) is 2.82. The summed E-state index contributed by atoms with van der Waals surface area (Å²) < 4.78 is 0. The summed E-state index contributed by atoms with van der Waals surface area (Å²) >= 11 is 7.86. The Hall–Kier alpha value is -1.50. The molecular weight excluding hydrogens is 264 g/mol. The van der Waals surface area contributed by atoms with Crippen LogP contribution in [0.2, 0.25) is 5.02 Å². The maximum atomic E-state index is 8.77. The summed E-state index contributed by atoms with van der Waals surface area (Å²) in [6.45, 7) is 2.92. The predicted octanol–water partition coefficient (Wildman–Crippen LogP) is 4.45. The van der Waals surface area contributed by atoms with Gasteiger partial charge in [-0.1, -0.05) is 18.5 Å².